The van der Waals surface area contributed by atoms with Gasteiger partial charge in [0.2, 0.25) is 0 Å². The molecule has 0 saturated carbocycles. The number of benzene rings is 8. The zero-order valence-electron chi connectivity index (χ0n) is 26.1. The van der Waals surface area contributed by atoms with Crippen molar-refractivity contribution in [1.29, 1.82) is 0 Å². The molecule has 0 radical (unpaired) electrons. The normalized spacial score (nSPS) is 12.1. The van der Waals surface area contributed by atoms with Gasteiger partial charge in [0.05, 0.1) is 45.8 Å². The molecule has 0 aliphatic rings. The summed E-state index contributed by atoms with van der Waals surface area (Å²) in [6.45, 7) is 0. The number of thiophene rings is 1. The molecule has 0 aliphatic carbocycles. The van der Waals surface area contributed by atoms with Gasteiger partial charge in [0.1, 0.15) is 0 Å². The van der Waals surface area contributed by atoms with E-state index < -0.39 is 0 Å². The maximum Gasteiger partial charge on any atom is 0.0979 e. The van der Waals surface area contributed by atoms with Gasteiger partial charge in [-0.05, 0) is 21.5 Å². The van der Waals surface area contributed by atoms with E-state index in [2.05, 4.69) is 133 Å². The summed E-state index contributed by atoms with van der Waals surface area (Å²) in [4.78, 5) is 20.8. The molecular formula is C44H24N4S. The Bertz CT molecular complexity index is 2900. The highest BCUT2D eigenvalue weighted by Crippen LogP contribution is 2.44. The molecule has 0 spiro atoms. The zero-order valence-corrected chi connectivity index (χ0v) is 26.9. The largest absolute Gasteiger partial charge is 0.252 e. The van der Waals surface area contributed by atoms with Gasteiger partial charge in [0, 0.05) is 52.8 Å². The lowest BCUT2D eigenvalue weighted by Gasteiger charge is -2.10. The van der Waals surface area contributed by atoms with E-state index in [-0.39, 0.29) is 0 Å². The quantitative estimate of drug-likeness (QED) is 0.176. The lowest BCUT2D eigenvalue weighted by molar-refractivity contribution is 1.31. The highest BCUT2D eigenvalue weighted by molar-refractivity contribution is 7.26. The predicted molar refractivity (Wildman–Crippen MR) is 206 cm³/mol. The molecule has 3 heterocycles. The number of nitrogens with zero attached hydrogens (tertiary/aromatic N) is 4. The molecule has 0 unspecified atom stereocenters. The van der Waals surface area contributed by atoms with E-state index in [4.69, 9.17) is 19.9 Å². The van der Waals surface area contributed by atoms with Gasteiger partial charge in [-0.15, -0.1) is 11.3 Å². The average Bonchev–Trinajstić information content (AvgIpc) is 3.57. The summed E-state index contributed by atoms with van der Waals surface area (Å²) in [5, 5.41) is 11.7. The van der Waals surface area contributed by atoms with Crippen LogP contribution in [-0.2, 0) is 0 Å². The summed E-state index contributed by atoms with van der Waals surface area (Å²) >= 11 is 1.79. The second-order valence-electron chi connectivity index (χ2n) is 12.6. The highest BCUT2D eigenvalue weighted by atomic mass is 32.1. The van der Waals surface area contributed by atoms with Crippen molar-refractivity contribution in [2.24, 2.45) is 0 Å². The van der Waals surface area contributed by atoms with Gasteiger partial charge in [-0.3, -0.25) is 9.97 Å². The van der Waals surface area contributed by atoms with Crippen LogP contribution in [0.15, 0.2) is 146 Å². The van der Waals surface area contributed by atoms with E-state index in [0.717, 1.165) is 66.1 Å². The standard InChI is InChI=1S/C44H24N4S/c1-5-15-29-25(11-1)27-13-3-7-17-31(27)41-39(29)45-23-37(47-41)35-21-9-19-33-34-20-10-22-36(44(34)49-43(33)35)38-24-46-40-30-16-6-2-12-26(30)28-14-4-8-18-32(28)42(40)48-38/h1-24H. The Hall–Kier alpha value is -6.30. The lowest BCUT2D eigenvalue weighted by atomic mass is 9.99. The summed E-state index contributed by atoms with van der Waals surface area (Å²) in [7, 11) is 0. The number of aromatic nitrogens is 4. The minimum atomic E-state index is 0.871. The molecule has 0 N–H and O–H groups in total. The van der Waals surface area contributed by atoms with E-state index in [9.17, 15) is 0 Å². The molecule has 0 atom stereocenters. The fourth-order valence-electron chi connectivity index (χ4n) is 7.73. The first-order valence-corrected chi connectivity index (χ1v) is 17.2. The van der Waals surface area contributed by atoms with Crippen molar-refractivity contribution in [2.45, 2.75) is 0 Å². The fraction of sp³-hybridized carbons (Fsp3) is 0. The maximum absolute atomic E-state index is 5.33. The molecule has 11 aromatic rings. The van der Waals surface area contributed by atoms with Gasteiger partial charge in [-0.25, -0.2) is 9.97 Å². The molecule has 3 aromatic heterocycles. The van der Waals surface area contributed by atoms with Crippen LogP contribution in [0, 0.1) is 0 Å². The Balaban J connectivity index is 1.14. The number of fused-ring (bicyclic) bond motifs is 15. The monoisotopic (exact) mass is 640 g/mol. The third kappa shape index (κ3) is 3.79. The summed E-state index contributed by atoms with van der Waals surface area (Å²) < 4.78 is 2.38. The number of hydrogen-bond acceptors (Lipinski definition) is 5. The van der Waals surface area contributed by atoms with Gasteiger partial charge in [0.15, 0.2) is 0 Å². The second-order valence-corrected chi connectivity index (χ2v) is 13.6. The lowest BCUT2D eigenvalue weighted by Crippen LogP contribution is -1.92. The average molecular weight is 641 g/mol. The first kappa shape index (κ1) is 26.7. The SMILES string of the molecule is c1cc(-c2cnc3c4ccccc4c4ccccc4c3n2)c2sc3c(-c4cnc5c6ccccc6c6ccccc6c5n4)cccc3c2c1. The minimum absolute atomic E-state index is 0.871. The van der Waals surface area contributed by atoms with Gasteiger partial charge in [-0.1, -0.05) is 133 Å². The van der Waals surface area contributed by atoms with Crippen LogP contribution in [-0.4, -0.2) is 19.9 Å². The fourth-order valence-corrected chi connectivity index (χ4v) is 9.07. The predicted octanol–water partition coefficient (Wildman–Crippen LogP) is 11.9. The Morgan fingerprint density at radius 3 is 1.02 bits per heavy atom. The van der Waals surface area contributed by atoms with Gasteiger partial charge >= 0.3 is 0 Å². The summed E-state index contributed by atoms with van der Waals surface area (Å²) in [6.07, 6.45) is 3.88. The maximum atomic E-state index is 5.33. The third-order valence-corrected chi connectivity index (χ3v) is 11.2. The molecular weight excluding hydrogens is 617 g/mol. The van der Waals surface area contributed by atoms with E-state index in [0.29, 0.717) is 0 Å². The Labute approximate surface area is 284 Å². The third-order valence-electron chi connectivity index (χ3n) is 9.93. The summed E-state index contributed by atoms with van der Waals surface area (Å²) in [5.41, 5.74) is 7.62. The van der Waals surface area contributed by atoms with Crippen molar-refractivity contribution in [3.05, 3.63) is 146 Å². The topological polar surface area (TPSA) is 51.6 Å². The summed E-state index contributed by atoms with van der Waals surface area (Å²) in [6, 6.07) is 47.0. The van der Waals surface area contributed by atoms with Crippen molar-refractivity contribution in [1.82, 2.24) is 19.9 Å². The molecule has 0 fully saturated rings. The van der Waals surface area contributed by atoms with Crippen molar-refractivity contribution >= 4 is 96.7 Å². The first-order valence-electron chi connectivity index (χ1n) is 16.4. The Morgan fingerprint density at radius 2 is 0.633 bits per heavy atom. The van der Waals surface area contributed by atoms with Gasteiger partial charge < -0.3 is 0 Å². The highest BCUT2D eigenvalue weighted by Gasteiger charge is 2.18. The second kappa shape index (κ2) is 10.1. The summed E-state index contributed by atoms with van der Waals surface area (Å²) in [5.74, 6) is 0. The first-order chi connectivity index (χ1) is 24.3. The molecule has 0 aliphatic heterocycles. The molecule has 5 heteroatoms. The van der Waals surface area contributed by atoms with E-state index in [1.807, 2.05) is 12.4 Å². The van der Waals surface area contributed by atoms with Crippen LogP contribution < -0.4 is 0 Å². The van der Waals surface area contributed by atoms with Gasteiger partial charge in [-0.2, -0.15) is 0 Å². The zero-order chi connectivity index (χ0) is 32.1. The van der Waals surface area contributed by atoms with E-state index in [1.54, 1.807) is 11.3 Å². The number of rotatable bonds is 2. The van der Waals surface area contributed by atoms with Crippen LogP contribution in [0.2, 0.25) is 0 Å². The van der Waals surface area contributed by atoms with Crippen LogP contribution in [0.1, 0.15) is 0 Å². The van der Waals surface area contributed by atoms with Crippen LogP contribution in [0.3, 0.4) is 0 Å². The van der Waals surface area contributed by atoms with Crippen LogP contribution >= 0.6 is 11.3 Å². The molecule has 0 amide bonds. The van der Waals surface area contributed by atoms with Crippen molar-refractivity contribution in [3.63, 3.8) is 0 Å². The van der Waals surface area contributed by atoms with E-state index in [1.165, 1.54) is 41.7 Å². The van der Waals surface area contributed by atoms with Crippen molar-refractivity contribution < 1.29 is 0 Å². The molecule has 0 bridgehead atoms. The Morgan fingerprint density at radius 1 is 0.306 bits per heavy atom. The molecule has 4 nitrogen and oxygen atoms in total. The van der Waals surface area contributed by atoms with Crippen LogP contribution in [0.25, 0.3) is 108 Å². The van der Waals surface area contributed by atoms with Crippen molar-refractivity contribution in [2.75, 3.05) is 0 Å². The van der Waals surface area contributed by atoms with E-state index >= 15 is 0 Å². The molecule has 11 rings (SSSR count). The molecule has 226 valence electrons. The smallest absolute Gasteiger partial charge is 0.0979 e. The van der Waals surface area contributed by atoms with Crippen LogP contribution in [0.5, 0.6) is 0 Å². The molecule has 49 heavy (non-hydrogen) atoms. The molecule has 0 saturated heterocycles. The number of hydrogen-bond donors (Lipinski definition) is 0. The van der Waals surface area contributed by atoms with Crippen molar-refractivity contribution in [3.8, 4) is 22.5 Å². The molecule has 8 aromatic carbocycles. The Kier molecular flexibility index (Phi) is 5.51. The van der Waals surface area contributed by atoms with Crippen LogP contribution in [0.4, 0.5) is 0 Å². The minimum Gasteiger partial charge on any atom is -0.252 e. The van der Waals surface area contributed by atoms with Gasteiger partial charge in [0.25, 0.3) is 0 Å².